The van der Waals surface area contributed by atoms with E-state index in [0.717, 1.165) is 106 Å². The molecule has 0 atom stereocenters. The molecule has 1 N–H and O–H groups in total. The Kier molecular flexibility index (Phi) is 16.1. The highest BCUT2D eigenvalue weighted by Gasteiger charge is 2.36. The number of fused-ring (bicyclic) bond motifs is 6. The number of nitrogens with one attached hydrogen (secondary N) is 1. The van der Waals surface area contributed by atoms with E-state index in [1.54, 1.807) is 18.5 Å². The van der Waals surface area contributed by atoms with Crippen molar-refractivity contribution in [2.45, 2.75) is 88.0 Å². The monoisotopic (exact) mass is 1200 g/mol. The molecule has 4 aliphatic rings. The summed E-state index contributed by atoms with van der Waals surface area (Å²) in [5, 5.41) is 8.62. The fraction of sp³-hybridized carbons (Fsp3) is 0.333. The molecule has 0 bridgehead atoms. The second kappa shape index (κ2) is 24.0. The summed E-state index contributed by atoms with van der Waals surface area (Å²) in [6.45, 7) is 4.03. The van der Waals surface area contributed by atoms with Crippen LogP contribution < -0.4 is 19.7 Å². The van der Waals surface area contributed by atoms with Gasteiger partial charge in [-0.05, 0) is 130 Å². The molecular formula is C60H59Br2ClN12O4. The van der Waals surface area contributed by atoms with Crippen LogP contribution in [0.3, 0.4) is 0 Å². The zero-order chi connectivity index (χ0) is 53.8. The Bertz CT molecular complexity index is 3690. The first-order valence-corrected chi connectivity index (χ1v) is 28.9. The van der Waals surface area contributed by atoms with Gasteiger partial charge in [-0.3, -0.25) is 9.97 Å². The second-order valence-corrected chi connectivity index (χ2v) is 22.4. The maximum Gasteiger partial charge on any atom is 0.213 e. The third kappa shape index (κ3) is 12.2. The lowest BCUT2D eigenvalue weighted by molar-refractivity contribution is -0.104. The summed E-state index contributed by atoms with van der Waals surface area (Å²) >= 11 is 11.9. The van der Waals surface area contributed by atoms with Crippen LogP contribution in [0.2, 0.25) is 5.15 Å². The van der Waals surface area contributed by atoms with E-state index in [2.05, 4.69) is 166 Å². The molecule has 79 heavy (non-hydrogen) atoms. The van der Waals surface area contributed by atoms with E-state index in [4.69, 9.17) is 30.5 Å². The molecule has 19 heteroatoms. The highest BCUT2D eigenvalue weighted by molar-refractivity contribution is 9.10. The van der Waals surface area contributed by atoms with Gasteiger partial charge in [-0.15, -0.1) is 0 Å². The van der Waals surface area contributed by atoms with Crippen molar-refractivity contribution < 1.29 is 18.9 Å². The number of anilines is 1. The molecule has 10 heterocycles. The molecule has 2 aliphatic heterocycles. The number of piperidine rings is 2. The average Bonchev–Trinajstić information content (AvgIpc) is 4.09. The molecular weight excluding hydrogens is 1150 g/mol. The number of aromatic nitrogens is 10. The molecule has 2 aliphatic carbocycles. The van der Waals surface area contributed by atoms with Gasteiger partial charge < -0.3 is 38.3 Å². The van der Waals surface area contributed by atoms with Crippen molar-refractivity contribution in [2.24, 2.45) is 14.1 Å². The van der Waals surface area contributed by atoms with E-state index in [-0.39, 0.29) is 18.3 Å². The quantitative estimate of drug-likeness (QED) is 0.0960. The van der Waals surface area contributed by atoms with Gasteiger partial charge in [0.2, 0.25) is 11.8 Å². The van der Waals surface area contributed by atoms with Gasteiger partial charge in [0.15, 0.2) is 9.47 Å². The molecule has 14 rings (SSSR count). The molecule has 0 unspecified atom stereocenters. The number of pyridine rings is 4. The first-order valence-electron chi connectivity index (χ1n) is 26.9. The lowest BCUT2D eigenvalue weighted by Crippen LogP contribution is -2.44. The minimum Gasteiger partial charge on any atom is -0.474 e. The minimum atomic E-state index is 0.160. The number of halogens is 3. The van der Waals surface area contributed by atoms with E-state index in [9.17, 15) is 0 Å². The van der Waals surface area contributed by atoms with Crippen LogP contribution in [0.5, 0.6) is 11.8 Å². The van der Waals surface area contributed by atoms with Crippen LogP contribution in [0.15, 0.2) is 144 Å². The van der Waals surface area contributed by atoms with Crippen LogP contribution in [0.4, 0.5) is 5.82 Å². The smallest absolute Gasteiger partial charge is 0.213 e. The molecule has 4 fully saturated rings. The number of aryl methyl sites for hydroxylation is 2. The van der Waals surface area contributed by atoms with Crippen molar-refractivity contribution in [2.75, 3.05) is 31.1 Å². The van der Waals surface area contributed by atoms with Crippen molar-refractivity contribution in [3.63, 3.8) is 0 Å². The largest absolute Gasteiger partial charge is 0.474 e. The van der Waals surface area contributed by atoms with Gasteiger partial charge in [0.05, 0.1) is 35.4 Å². The fourth-order valence-electron chi connectivity index (χ4n) is 11.0. The summed E-state index contributed by atoms with van der Waals surface area (Å²) in [5.74, 6) is 2.33. The summed E-state index contributed by atoms with van der Waals surface area (Å²) in [4.78, 5) is 36.2. The maximum atomic E-state index is 6.37. The number of rotatable bonds is 11. The third-order valence-electron chi connectivity index (χ3n) is 15.5. The van der Waals surface area contributed by atoms with Gasteiger partial charge in [0.25, 0.3) is 0 Å². The summed E-state index contributed by atoms with van der Waals surface area (Å²) in [5.41, 5.74) is 9.20. The standard InChI is InChI=1S/C30H29BrN6O2.C26H28N4O2.C4H2BrClN2/c1-36-26-6-10-32-18-25(26)24-4-2-19(14-27(24)36)20-3-5-29(34-17-20)39-23-15-22(16-23)38-21-8-12-37(13-9-21)28-7-11-33-30(31)35-28;1-30-24-8-11-28-16-23(24)22-4-2-17(12-25(22)30)18-3-5-26(29-15-18)32-21-13-20(14-21)31-19-6-9-27-10-7-19;5-4-7-2-1-3(6)8-4/h2-7,10-11,14,17-18,21-23H,8-9,12-13,15-16H2,1H3;2-5,8,11-12,15-16,19-21,27H,6-7,9-10,13-14H2,1H3;1-2H. The van der Waals surface area contributed by atoms with Crippen molar-refractivity contribution in [1.29, 1.82) is 0 Å². The number of hydrogen-bond donors (Lipinski definition) is 1. The molecule has 2 saturated heterocycles. The predicted molar refractivity (Wildman–Crippen MR) is 316 cm³/mol. The Morgan fingerprint density at radius 1 is 0.481 bits per heavy atom. The van der Waals surface area contributed by atoms with Crippen LogP contribution in [0.25, 0.3) is 65.9 Å². The minimum absolute atomic E-state index is 0.160. The van der Waals surface area contributed by atoms with Crippen molar-refractivity contribution in [3.8, 4) is 34.0 Å². The van der Waals surface area contributed by atoms with Gasteiger partial charge in [-0.2, -0.15) is 0 Å². The van der Waals surface area contributed by atoms with E-state index in [1.807, 2.05) is 55.4 Å². The molecule has 0 radical (unpaired) electrons. The van der Waals surface area contributed by atoms with Gasteiger partial charge in [-0.25, -0.2) is 29.9 Å². The topological polar surface area (TPSA) is 165 Å². The van der Waals surface area contributed by atoms with E-state index >= 15 is 0 Å². The average molecular weight is 1210 g/mol. The SMILES string of the molecule is Clc1ccnc(Br)n1.Cn1c2ccncc2c2ccc(-c3ccc(OC4CC(OC5CCN(c6ccnc(Br)n6)CC5)C4)nc3)cc21.Cn1c2ccncc2c2ccc(-c3ccc(OC4CC(OC5CCNCC5)C4)nc3)cc21. The lowest BCUT2D eigenvalue weighted by Gasteiger charge is -2.39. The molecule has 0 spiro atoms. The van der Waals surface area contributed by atoms with Gasteiger partial charge in [0.1, 0.15) is 23.2 Å². The van der Waals surface area contributed by atoms with E-state index in [1.165, 1.54) is 43.6 Å². The Balaban J connectivity index is 0.000000140. The number of nitrogens with zero attached hydrogens (tertiary/aromatic N) is 11. The molecule has 2 saturated carbocycles. The zero-order valence-corrected chi connectivity index (χ0v) is 47.8. The summed E-state index contributed by atoms with van der Waals surface area (Å²) in [6, 6.07) is 28.9. The van der Waals surface area contributed by atoms with Crippen LogP contribution in [-0.2, 0) is 23.6 Å². The molecule has 16 nitrogen and oxygen atoms in total. The first kappa shape index (κ1) is 53.0. The Morgan fingerprint density at radius 2 is 0.975 bits per heavy atom. The van der Waals surface area contributed by atoms with E-state index in [0.29, 0.717) is 44.7 Å². The normalized spacial score (nSPS) is 19.5. The number of benzene rings is 2. The summed E-state index contributed by atoms with van der Waals surface area (Å²) in [6.07, 6.45) is 24.4. The zero-order valence-electron chi connectivity index (χ0n) is 43.8. The fourth-order valence-corrected chi connectivity index (χ4v) is 11.9. The summed E-state index contributed by atoms with van der Waals surface area (Å²) in [7, 11) is 4.20. The van der Waals surface area contributed by atoms with Gasteiger partial charge >= 0.3 is 0 Å². The Labute approximate surface area is 479 Å². The Hall–Kier alpha value is -6.67. The van der Waals surface area contributed by atoms with Crippen molar-refractivity contribution >= 4 is 92.9 Å². The van der Waals surface area contributed by atoms with Crippen LogP contribution in [0, 0.1) is 0 Å². The molecule has 404 valence electrons. The van der Waals surface area contributed by atoms with Crippen LogP contribution in [-0.4, -0.2) is 112 Å². The molecule has 10 aromatic rings. The highest BCUT2D eigenvalue weighted by Crippen LogP contribution is 2.36. The predicted octanol–water partition coefficient (Wildman–Crippen LogP) is 12.3. The van der Waals surface area contributed by atoms with Gasteiger partial charge in [0, 0.05) is 158 Å². The molecule has 0 amide bonds. The van der Waals surface area contributed by atoms with Crippen LogP contribution in [0.1, 0.15) is 51.4 Å². The lowest BCUT2D eigenvalue weighted by atomic mass is 9.91. The van der Waals surface area contributed by atoms with E-state index < -0.39 is 0 Å². The Morgan fingerprint density at radius 3 is 1.44 bits per heavy atom. The second-order valence-electron chi connectivity index (χ2n) is 20.5. The van der Waals surface area contributed by atoms with Crippen LogP contribution >= 0.6 is 43.5 Å². The highest BCUT2D eigenvalue weighted by atomic mass is 79.9. The molecule has 2 aromatic carbocycles. The van der Waals surface area contributed by atoms with Crippen molar-refractivity contribution in [1.82, 2.24) is 54.3 Å². The van der Waals surface area contributed by atoms with Gasteiger partial charge in [-0.1, -0.05) is 35.9 Å². The molecule has 8 aromatic heterocycles. The van der Waals surface area contributed by atoms with Crippen molar-refractivity contribution in [3.05, 3.63) is 149 Å². The third-order valence-corrected chi connectivity index (χ3v) is 16.4. The first-order chi connectivity index (χ1) is 38.6. The maximum absolute atomic E-state index is 6.37. The number of ether oxygens (including phenoxy) is 4. The number of hydrogen-bond acceptors (Lipinski definition) is 14. The summed E-state index contributed by atoms with van der Waals surface area (Å²) < 4.78 is 30.4.